The Balaban J connectivity index is 1.51. The van der Waals surface area contributed by atoms with Crippen molar-refractivity contribution in [2.75, 3.05) is 17.9 Å². The maximum absolute atomic E-state index is 12.5. The van der Waals surface area contributed by atoms with Gasteiger partial charge in [-0.15, -0.1) is 13.2 Å². The molecule has 0 saturated carbocycles. The third-order valence-electron chi connectivity index (χ3n) is 4.40. The number of hydrogen-bond donors (Lipinski definition) is 2. The summed E-state index contributed by atoms with van der Waals surface area (Å²) in [6, 6.07) is 16.5. The van der Waals surface area contributed by atoms with Crippen LogP contribution in [0.5, 0.6) is 17.2 Å². The highest BCUT2D eigenvalue weighted by Crippen LogP contribution is 2.25. The Hall–Kier alpha value is -3.93. The summed E-state index contributed by atoms with van der Waals surface area (Å²) in [5, 5.41) is 8.95. The van der Waals surface area contributed by atoms with Crippen LogP contribution in [0.1, 0.15) is 5.56 Å². The molecule has 0 unspecified atom stereocenters. The molecule has 0 aliphatic rings. The summed E-state index contributed by atoms with van der Waals surface area (Å²) < 4.78 is 78.8. The van der Waals surface area contributed by atoms with Gasteiger partial charge in [-0.1, -0.05) is 18.2 Å². The molecule has 0 aliphatic carbocycles. The summed E-state index contributed by atoms with van der Waals surface area (Å²) in [5.74, 6) is -0.627. The number of nitrogens with one attached hydrogen (secondary N) is 1. The van der Waals surface area contributed by atoms with Crippen molar-refractivity contribution in [1.82, 2.24) is 0 Å². The van der Waals surface area contributed by atoms with Gasteiger partial charge in [-0.2, -0.15) is 0 Å². The Morgan fingerprint density at radius 1 is 0.857 bits per heavy atom. The molecule has 3 aromatic carbocycles. The average molecular weight is 511 g/mol. The van der Waals surface area contributed by atoms with E-state index < -0.39 is 28.1 Å². The van der Waals surface area contributed by atoms with Crippen LogP contribution in [0.2, 0.25) is 0 Å². The van der Waals surface area contributed by atoms with E-state index in [9.17, 15) is 26.4 Å². The van der Waals surface area contributed by atoms with Gasteiger partial charge < -0.3 is 19.3 Å². The Labute approximate surface area is 198 Å². The number of ether oxygens (including phenoxy) is 3. The molecule has 0 heterocycles. The molecule has 35 heavy (non-hydrogen) atoms. The second kappa shape index (κ2) is 11.0. The van der Waals surface area contributed by atoms with Gasteiger partial charge in [-0.25, -0.2) is 8.42 Å². The molecule has 0 fully saturated rings. The highest BCUT2D eigenvalue weighted by Gasteiger charge is 2.31. The average Bonchev–Trinajstić information content (AvgIpc) is 2.77. The van der Waals surface area contributed by atoms with Crippen LogP contribution in [0.15, 0.2) is 77.7 Å². The van der Waals surface area contributed by atoms with Crippen LogP contribution in [0, 0.1) is 0 Å². The maximum atomic E-state index is 12.5. The lowest BCUT2D eigenvalue weighted by molar-refractivity contribution is -0.274. The molecule has 2 N–H and O–H groups in total. The van der Waals surface area contributed by atoms with Gasteiger partial charge in [-0.05, 0) is 54.6 Å². The molecule has 0 aromatic heterocycles. The number of carboxylic acids is 1. The summed E-state index contributed by atoms with van der Waals surface area (Å²) in [6.45, 7) is 0.303. The number of para-hydroxylation sites is 1. The summed E-state index contributed by atoms with van der Waals surface area (Å²) in [4.78, 5) is 10.7. The van der Waals surface area contributed by atoms with Gasteiger partial charge in [0.05, 0.1) is 11.3 Å². The van der Waals surface area contributed by atoms with Gasteiger partial charge >= 0.3 is 12.3 Å². The molecule has 3 aromatic rings. The first-order valence-electron chi connectivity index (χ1n) is 10.1. The number of alkyl halides is 3. The molecule has 186 valence electrons. The summed E-state index contributed by atoms with van der Waals surface area (Å²) in [7, 11) is -4.04. The predicted molar refractivity (Wildman–Crippen MR) is 119 cm³/mol. The zero-order valence-corrected chi connectivity index (χ0v) is 18.8. The van der Waals surface area contributed by atoms with Gasteiger partial charge in [0.2, 0.25) is 0 Å². The number of anilines is 1. The van der Waals surface area contributed by atoms with E-state index in [1.54, 1.807) is 24.3 Å². The first kappa shape index (κ1) is 25.7. The molecule has 0 radical (unpaired) electrons. The van der Waals surface area contributed by atoms with E-state index in [1.165, 1.54) is 24.3 Å². The second-order valence-corrected chi connectivity index (χ2v) is 8.71. The van der Waals surface area contributed by atoms with Gasteiger partial charge in [0.15, 0.2) is 0 Å². The monoisotopic (exact) mass is 511 g/mol. The second-order valence-electron chi connectivity index (χ2n) is 7.02. The number of rotatable bonds is 11. The number of hydrogen-bond acceptors (Lipinski definition) is 6. The van der Waals surface area contributed by atoms with Crippen LogP contribution in [0.25, 0.3) is 0 Å². The summed E-state index contributed by atoms with van der Waals surface area (Å²) in [6.07, 6.45) is -5.04. The van der Waals surface area contributed by atoms with E-state index in [1.807, 2.05) is 0 Å². The molecule has 0 amide bonds. The highest BCUT2D eigenvalue weighted by atomic mass is 32.2. The number of benzene rings is 3. The summed E-state index contributed by atoms with van der Waals surface area (Å²) >= 11 is 0. The fourth-order valence-corrected chi connectivity index (χ4v) is 3.98. The predicted octanol–water partition coefficient (Wildman–Crippen LogP) is 4.47. The lowest BCUT2D eigenvalue weighted by Crippen LogP contribution is -2.17. The van der Waals surface area contributed by atoms with E-state index in [0.29, 0.717) is 17.1 Å². The number of carbonyl (C=O) groups is 1. The molecule has 0 atom stereocenters. The number of sulfonamides is 1. The normalized spacial score (nSPS) is 11.5. The van der Waals surface area contributed by atoms with Crippen molar-refractivity contribution < 1.29 is 45.7 Å². The smallest absolute Gasteiger partial charge is 0.490 e. The zero-order valence-electron chi connectivity index (χ0n) is 18.0. The Morgan fingerprint density at radius 3 is 2.09 bits per heavy atom. The van der Waals surface area contributed by atoms with Crippen molar-refractivity contribution in [2.45, 2.75) is 17.7 Å². The third kappa shape index (κ3) is 8.10. The SMILES string of the molecule is O=C(O)Cc1ccccc1OCCOc1ccc(NS(=O)(=O)c2ccc(OC(F)(F)F)cc2)cc1. The lowest BCUT2D eigenvalue weighted by Gasteiger charge is -2.12. The first-order valence-corrected chi connectivity index (χ1v) is 11.5. The minimum atomic E-state index is -4.88. The lowest BCUT2D eigenvalue weighted by atomic mass is 10.1. The number of carboxylic acid groups (broad SMARTS) is 1. The third-order valence-corrected chi connectivity index (χ3v) is 5.80. The van der Waals surface area contributed by atoms with Crippen LogP contribution in [-0.4, -0.2) is 39.1 Å². The van der Waals surface area contributed by atoms with E-state index in [-0.39, 0.29) is 30.2 Å². The van der Waals surface area contributed by atoms with Gasteiger partial charge in [-0.3, -0.25) is 9.52 Å². The highest BCUT2D eigenvalue weighted by molar-refractivity contribution is 7.92. The van der Waals surface area contributed by atoms with Gasteiger partial charge in [0.25, 0.3) is 10.0 Å². The van der Waals surface area contributed by atoms with Gasteiger partial charge in [0, 0.05) is 11.3 Å². The van der Waals surface area contributed by atoms with Crippen LogP contribution < -0.4 is 18.9 Å². The molecule has 8 nitrogen and oxygen atoms in total. The Kier molecular flexibility index (Phi) is 8.07. The summed E-state index contributed by atoms with van der Waals surface area (Å²) in [5.41, 5.74) is 0.756. The topological polar surface area (TPSA) is 111 Å². The van der Waals surface area contributed by atoms with Crippen LogP contribution >= 0.6 is 0 Å². The minimum absolute atomic E-state index is 0.152. The van der Waals surface area contributed by atoms with Crippen molar-refractivity contribution in [2.24, 2.45) is 0 Å². The molecule has 12 heteroatoms. The molecular formula is C23H20F3NO7S. The Morgan fingerprint density at radius 2 is 1.46 bits per heavy atom. The molecule has 0 aliphatic heterocycles. The fraction of sp³-hybridized carbons (Fsp3) is 0.174. The quantitative estimate of drug-likeness (QED) is 0.366. The van der Waals surface area contributed by atoms with Crippen LogP contribution in [0.3, 0.4) is 0 Å². The van der Waals surface area contributed by atoms with Crippen molar-refractivity contribution in [1.29, 1.82) is 0 Å². The van der Waals surface area contributed by atoms with E-state index >= 15 is 0 Å². The van der Waals surface area contributed by atoms with Crippen molar-refractivity contribution >= 4 is 21.7 Å². The van der Waals surface area contributed by atoms with Crippen molar-refractivity contribution in [3.05, 3.63) is 78.4 Å². The minimum Gasteiger partial charge on any atom is -0.490 e. The van der Waals surface area contributed by atoms with Crippen molar-refractivity contribution in [3.63, 3.8) is 0 Å². The van der Waals surface area contributed by atoms with E-state index in [4.69, 9.17) is 14.6 Å². The van der Waals surface area contributed by atoms with E-state index in [2.05, 4.69) is 9.46 Å². The maximum Gasteiger partial charge on any atom is 0.573 e. The van der Waals surface area contributed by atoms with Crippen LogP contribution in [-0.2, 0) is 21.2 Å². The molecule has 0 bridgehead atoms. The van der Waals surface area contributed by atoms with Crippen molar-refractivity contribution in [3.8, 4) is 17.2 Å². The fourth-order valence-electron chi connectivity index (χ4n) is 2.92. The molecule has 0 saturated heterocycles. The number of aliphatic carboxylic acids is 1. The zero-order chi connectivity index (χ0) is 25.5. The molecular weight excluding hydrogens is 491 g/mol. The van der Waals surface area contributed by atoms with Gasteiger partial charge in [0.1, 0.15) is 30.5 Å². The molecule has 3 rings (SSSR count). The standard InChI is InChI=1S/C23H20F3NO7S/c24-23(25,26)34-19-9-11-20(12-10-19)35(30,31)27-17-5-7-18(8-6-17)32-13-14-33-21-4-2-1-3-16(21)15-22(28)29/h1-12,27H,13-15H2,(H,28,29). The molecule has 0 spiro atoms. The largest absolute Gasteiger partial charge is 0.573 e. The number of halogens is 3. The first-order chi connectivity index (χ1) is 16.5. The van der Waals surface area contributed by atoms with E-state index in [0.717, 1.165) is 24.3 Å². The van der Waals surface area contributed by atoms with Crippen LogP contribution in [0.4, 0.5) is 18.9 Å². The Bertz CT molecular complexity index is 1250.